The summed E-state index contributed by atoms with van der Waals surface area (Å²) in [6, 6.07) is 4.45. The van der Waals surface area contributed by atoms with Gasteiger partial charge in [-0.05, 0) is 56.4 Å². The van der Waals surface area contributed by atoms with Crippen molar-refractivity contribution in [3.8, 4) is 0 Å². The zero-order valence-electron chi connectivity index (χ0n) is 16.2. The number of hydrogen-bond donors (Lipinski definition) is 2. The van der Waals surface area contributed by atoms with Gasteiger partial charge >= 0.3 is 0 Å². The summed E-state index contributed by atoms with van der Waals surface area (Å²) in [5.41, 5.74) is 0.322. The first kappa shape index (κ1) is 19.0. The number of aromatic nitrogens is 3. The Bertz CT molecular complexity index is 1200. The molecule has 2 aromatic heterocycles. The molecule has 30 heavy (non-hydrogen) atoms. The predicted octanol–water partition coefficient (Wildman–Crippen LogP) is 3.51. The number of fused-ring (bicyclic) bond motifs is 2. The van der Waals surface area contributed by atoms with E-state index in [1.165, 1.54) is 22.8 Å². The molecule has 154 valence electrons. The van der Waals surface area contributed by atoms with Gasteiger partial charge in [-0.15, -0.1) is 0 Å². The van der Waals surface area contributed by atoms with Crippen molar-refractivity contribution in [2.75, 3.05) is 5.32 Å². The van der Waals surface area contributed by atoms with Gasteiger partial charge < -0.3 is 10.6 Å². The predicted molar refractivity (Wildman–Crippen MR) is 109 cm³/mol. The Balaban J connectivity index is 1.37. The van der Waals surface area contributed by atoms with Gasteiger partial charge in [-0.2, -0.15) is 5.10 Å². The van der Waals surface area contributed by atoms with Crippen LogP contribution in [0.15, 0.2) is 36.8 Å². The third kappa shape index (κ3) is 2.56. The number of halogens is 2. The van der Waals surface area contributed by atoms with E-state index < -0.39 is 16.8 Å². The molecule has 0 unspecified atom stereocenters. The molecule has 9 heteroatoms. The molecule has 2 amide bonds. The van der Waals surface area contributed by atoms with Gasteiger partial charge in [-0.1, -0.05) is 11.6 Å². The van der Waals surface area contributed by atoms with Crippen LogP contribution in [-0.2, 0) is 4.79 Å². The Hall–Kier alpha value is -3.00. The van der Waals surface area contributed by atoms with E-state index in [1.54, 1.807) is 25.4 Å². The molecule has 2 aliphatic carbocycles. The maximum Gasteiger partial charge on any atom is 0.257 e. The van der Waals surface area contributed by atoms with Crippen molar-refractivity contribution in [2.24, 2.45) is 5.41 Å². The van der Waals surface area contributed by atoms with Crippen LogP contribution in [0, 0.1) is 18.2 Å². The monoisotopic (exact) mass is 427 g/mol. The van der Waals surface area contributed by atoms with E-state index in [0.717, 1.165) is 12.8 Å². The van der Waals surface area contributed by atoms with Crippen LogP contribution in [0.3, 0.4) is 0 Å². The number of aryl methyl sites for hydroxylation is 1. The number of amides is 2. The Morgan fingerprint density at radius 3 is 2.70 bits per heavy atom. The molecular weight excluding hydrogens is 409 g/mol. The van der Waals surface area contributed by atoms with Gasteiger partial charge in [-0.3, -0.25) is 9.59 Å². The zero-order valence-corrected chi connectivity index (χ0v) is 17.0. The lowest BCUT2D eigenvalue weighted by molar-refractivity contribution is -0.161. The molecule has 2 aliphatic rings. The fraction of sp³-hybridized carbons (Fsp3) is 0.333. The van der Waals surface area contributed by atoms with Crippen LogP contribution in [0.1, 0.15) is 41.6 Å². The van der Waals surface area contributed by atoms with Crippen LogP contribution < -0.4 is 10.6 Å². The molecule has 0 radical (unpaired) electrons. The van der Waals surface area contributed by atoms with Crippen molar-refractivity contribution in [1.29, 1.82) is 0 Å². The highest BCUT2D eigenvalue weighted by Gasteiger charge is 2.70. The minimum atomic E-state index is -0.690. The summed E-state index contributed by atoms with van der Waals surface area (Å²) in [6.45, 7) is 1.61. The molecule has 2 heterocycles. The molecule has 5 rings (SSSR count). The maximum atomic E-state index is 13.7. The molecule has 0 saturated heterocycles. The first-order valence-corrected chi connectivity index (χ1v) is 10.1. The largest absolute Gasteiger partial charge is 0.345 e. The molecule has 0 spiro atoms. The summed E-state index contributed by atoms with van der Waals surface area (Å²) in [6.07, 6.45) is 7.58. The highest BCUT2D eigenvalue weighted by atomic mass is 35.5. The summed E-state index contributed by atoms with van der Waals surface area (Å²) >= 11 is 6.11. The summed E-state index contributed by atoms with van der Waals surface area (Å²) in [5.74, 6) is -0.922. The van der Waals surface area contributed by atoms with Crippen LogP contribution in [0.25, 0.3) is 5.65 Å². The first-order chi connectivity index (χ1) is 14.4. The van der Waals surface area contributed by atoms with Gasteiger partial charge in [0.25, 0.3) is 5.91 Å². The molecule has 7 nitrogen and oxygen atoms in total. The van der Waals surface area contributed by atoms with E-state index in [1.807, 2.05) is 0 Å². The summed E-state index contributed by atoms with van der Waals surface area (Å²) in [5, 5.41) is 10.2. The summed E-state index contributed by atoms with van der Waals surface area (Å²) < 4.78 is 15.2. The zero-order chi connectivity index (χ0) is 21.1. The minimum Gasteiger partial charge on any atom is -0.345 e. The molecule has 2 N–H and O–H groups in total. The van der Waals surface area contributed by atoms with E-state index in [-0.39, 0.29) is 16.8 Å². The standard InChI is InChI=1S/C21H19ClFN5O2/c1-12-9-16(14(22)10-15(12)23)26-19(30)20-3-5-21(20,6-4-20)27-18(29)13-11-25-28-8-2-7-24-17(13)28/h2,7-11H,3-6H2,1H3,(H,26,30)(H,27,29). The van der Waals surface area contributed by atoms with Crippen LogP contribution in [0.5, 0.6) is 0 Å². The van der Waals surface area contributed by atoms with Crippen molar-refractivity contribution in [3.63, 3.8) is 0 Å². The number of nitrogens with zero attached hydrogens (tertiary/aromatic N) is 3. The fourth-order valence-corrected chi connectivity index (χ4v) is 4.86. The molecular formula is C21H19ClFN5O2. The van der Waals surface area contributed by atoms with Gasteiger partial charge in [0.1, 0.15) is 11.4 Å². The average molecular weight is 428 g/mol. The number of benzene rings is 1. The molecule has 3 aromatic rings. The Morgan fingerprint density at radius 1 is 1.23 bits per heavy atom. The van der Waals surface area contributed by atoms with Crippen LogP contribution >= 0.6 is 11.6 Å². The van der Waals surface area contributed by atoms with Crippen LogP contribution in [0.4, 0.5) is 10.1 Å². The third-order valence-corrected chi connectivity index (χ3v) is 6.99. The lowest BCUT2D eigenvalue weighted by Gasteiger charge is -2.66. The third-order valence-electron chi connectivity index (χ3n) is 6.68. The van der Waals surface area contributed by atoms with E-state index in [4.69, 9.17) is 11.6 Å². The Labute approximate surface area is 176 Å². The lowest BCUT2D eigenvalue weighted by atomic mass is 9.42. The van der Waals surface area contributed by atoms with E-state index in [0.29, 0.717) is 35.3 Å². The Morgan fingerprint density at radius 2 is 2.00 bits per heavy atom. The molecule has 2 fully saturated rings. The minimum absolute atomic E-state index is 0.147. The van der Waals surface area contributed by atoms with Gasteiger partial charge in [0.2, 0.25) is 5.91 Å². The van der Waals surface area contributed by atoms with E-state index in [2.05, 4.69) is 20.7 Å². The molecule has 2 saturated carbocycles. The van der Waals surface area contributed by atoms with Crippen LogP contribution in [0.2, 0.25) is 5.02 Å². The second-order valence-corrected chi connectivity index (χ2v) is 8.51. The highest BCUT2D eigenvalue weighted by Crippen LogP contribution is 2.64. The number of anilines is 1. The smallest absolute Gasteiger partial charge is 0.257 e. The van der Waals surface area contributed by atoms with E-state index >= 15 is 0 Å². The molecule has 1 aromatic carbocycles. The Kier molecular flexibility index (Phi) is 4.12. The van der Waals surface area contributed by atoms with Crippen molar-refractivity contribution < 1.29 is 14.0 Å². The fourth-order valence-electron chi connectivity index (χ4n) is 4.66. The molecule has 0 aliphatic heterocycles. The van der Waals surface area contributed by atoms with Crippen molar-refractivity contribution in [2.45, 2.75) is 38.1 Å². The van der Waals surface area contributed by atoms with E-state index in [9.17, 15) is 14.0 Å². The maximum absolute atomic E-state index is 13.7. The van der Waals surface area contributed by atoms with Crippen molar-refractivity contribution in [1.82, 2.24) is 19.9 Å². The molecule has 0 atom stereocenters. The first-order valence-electron chi connectivity index (χ1n) is 9.73. The van der Waals surface area contributed by atoms with Gasteiger partial charge in [-0.25, -0.2) is 13.9 Å². The van der Waals surface area contributed by atoms with Crippen molar-refractivity contribution in [3.05, 3.63) is 58.8 Å². The second kappa shape index (κ2) is 6.50. The molecule has 0 bridgehead atoms. The van der Waals surface area contributed by atoms with Gasteiger partial charge in [0, 0.05) is 12.4 Å². The number of rotatable bonds is 4. The number of nitrogens with one attached hydrogen (secondary N) is 2. The van der Waals surface area contributed by atoms with Crippen molar-refractivity contribution >= 4 is 34.7 Å². The number of carbonyl (C=O) groups is 2. The summed E-state index contributed by atoms with van der Waals surface area (Å²) in [7, 11) is 0. The van der Waals surface area contributed by atoms with Crippen LogP contribution in [-0.4, -0.2) is 32.0 Å². The number of carbonyl (C=O) groups excluding carboxylic acids is 2. The summed E-state index contributed by atoms with van der Waals surface area (Å²) in [4.78, 5) is 30.4. The average Bonchev–Trinajstić information content (AvgIpc) is 3.15. The quantitative estimate of drug-likeness (QED) is 0.666. The SMILES string of the molecule is Cc1cc(NC(=O)C23CCC2(NC(=O)c2cnn4cccnc24)CC3)c(Cl)cc1F. The van der Waals surface area contributed by atoms with Gasteiger partial charge in [0.05, 0.1) is 27.9 Å². The topological polar surface area (TPSA) is 88.4 Å². The number of hydrogen-bond acceptors (Lipinski definition) is 4. The second-order valence-electron chi connectivity index (χ2n) is 8.10. The lowest BCUT2D eigenvalue weighted by Crippen LogP contribution is -2.77. The normalized spacial score (nSPS) is 24.5. The van der Waals surface area contributed by atoms with Gasteiger partial charge in [0.15, 0.2) is 5.65 Å². The highest BCUT2D eigenvalue weighted by molar-refractivity contribution is 6.33.